The van der Waals surface area contributed by atoms with Gasteiger partial charge in [-0.25, -0.2) is 27.8 Å². The Bertz CT molecular complexity index is 1720. The van der Waals surface area contributed by atoms with E-state index in [1.54, 1.807) is 12.3 Å². The number of aromatic nitrogens is 3. The van der Waals surface area contributed by atoms with Gasteiger partial charge >= 0.3 is 6.18 Å². The Balaban J connectivity index is 1.35. The van der Waals surface area contributed by atoms with Gasteiger partial charge in [0.15, 0.2) is 9.84 Å². The molecule has 42 heavy (non-hydrogen) atoms. The fraction of sp³-hybridized carbons (Fsp3) is 0.367. The van der Waals surface area contributed by atoms with E-state index in [0.717, 1.165) is 49.4 Å². The van der Waals surface area contributed by atoms with Crippen molar-refractivity contribution in [1.29, 1.82) is 0 Å². The third-order valence-electron chi connectivity index (χ3n) is 7.72. The molecule has 0 radical (unpaired) electrons. The highest BCUT2D eigenvalue weighted by Crippen LogP contribution is 2.35. The molecule has 0 spiro atoms. The molecule has 0 amide bonds. The Labute approximate surface area is 241 Å². The van der Waals surface area contributed by atoms with Crippen molar-refractivity contribution in [1.82, 2.24) is 19.9 Å². The third-order valence-corrected chi connectivity index (χ3v) is 9.44. The number of pyridine rings is 1. The number of halogens is 4. The number of sulfone groups is 1. The van der Waals surface area contributed by atoms with Crippen LogP contribution in [0.1, 0.15) is 42.4 Å². The first-order valence-electron chi connectivity index (χ1n) is 13.6. The van der Waals surface area contributed by atoms with Gasteiger partial charge in [-0.3, -0.25) is 0 Å². The first kappa shape index (κ1) is 29.8. The molecule has 4 aromatic rings. The predicted molar refractivity (Wildman–Crippen MR) is 153 cm³/mol. The summed E-state index contributed by atoms with van der Waals surface area (Å²) in [5.41, 5.74) is 1.26. The Morgan fingerprint density at radius 3 is 2.38 bits per heavy atom. The molecule has 0 saturated heterocycles. The van der Waals surface area contributed by atoms with E-state index in [-0.39, 0.29) is 5.56 Å². The Hall–Kier alpha value is -3.64. The third kappa shape index (κ3) is 6.39. The highest BCUT2D eigenvalue weighted by molar-refractivity contribution is 7.90. The van der Waals surface area contributed by atoms with Crippen LogP contribution < -0.4 is 5.32 Å². The molecule has 2 heterocycles. The molecule has 1 saturated carbocycles. The molecule has 2 aromatic heterocycles. The summed E-state index contributed by atoms with van der Waals surface area (Å²) in [5.74, 6) is -1.26. The summed E-state index contributed by atoms with van der Waals surface area (Å²) < 4.78 is 81.0. The lowest BCUT2D eigenvalue weighted by Crippen LogP contribution is -2.36. The lowest BCUT2D eigenvalue weighted by Gasteiger charge is -2.32. The van der Waals surface area contributed by atoms with E-state index < -0.39 is 38.0 Å². The van der Waals surface area contributed by atoms with Gasteiger partial charge in [-0.15, -0.1) is 0 Å². The molecule has 5 rings (SSSR count). The van der Waals surface area contributed by atoms with Gasteiger partial charge in [0.25, 0.3) is 0 Å². The maximum Gasteiger partial charge on any atom is 0.417 e. The second kappa shape index (κ2) is 11.6. The van der Waals surface area contributed by atoms with Gasteiger partial charge in [-0.1, -0.05) is 24.3 Å². The number of hydrogen-bond acceptors (Lipinski definition) is 7. The number of fused-ring (bicyclic) bond motifs is 1. The minimum atomic E-state index is -4.86. The van der Waals surface area contributed by atoms with Crippen LogP contribution >= 0.6 is 0 Å². The summed E-state index contributed by atoms with van der Waals surface area (Å²) >= 11 is 0. The molecule has 1 aliphatic carbocycles. The van der Waals surface area contributed by atoms with E-state index in [9.17, 15) is 21.6 Å². The molecule has 12 heteroatoms. The van der Waals surface area contributed by atoms with E-state index >= 15 is 4.39 Å². The van der Waals surface area contributed by atoms with Gasteiger partial charge in [0, 0.05) is 23.2 Å². The van der Waals surface area contributed by atoms with Crippen molar-refractivity contribution in [3.63, 3.8) is 0 Å². The number of hydrogen-bond donors (Lipinski definition) is 1. The summed E-state index contributed by atoms with van der Waals surface area (Å²) in [5, 5.41) is 3.43. The van der Waals surface area contributed by atoms with Gasteiger partial charge < -0.3 is 10.2 Å². The minimum absolute atomic E-state index is 0.244. The molecule has 222 valence electrons. The van der Waals surface area contributed by atoms with Gasteiger partial charge in [0.2, 0.25) is 5.95 Å². The van der Waals surface area contributed by atoms with Crippen LogP contribution in [-0.4, -0.2) is 54.4 Å². The zero-order valence-corrected chi connectivity index (χ0v) is 24.2. The summed E-state index contributed by atoms with van der Waals surface area (Å²) in [6, 6.07) is 10.4. The zero-order chi connectivity index (χ0) is 30.2. The monoisotopic (exact) mass is 601 g/mol. The molecular formula is C30H31F4N5O2S. The van der Waals surface area contributed by atoms with Crippen LogP contribution in [0.4, 0.5) is 23.5 Å². The lowest BCUT2D eigenvalue weighted by molar-refractivity contribution is -0.139. The average molecular weight is 602 g/mol. The minimum Gasteiger partial charge on any atom is -0.351 e. The van der Waals surface area contributed by atoms with Crippen molar-refractivity contribution in [3.05, 3.63) is 77.2 Å². The summed E-state index contributed by atoms with van der Waals surface area (Å²) in [6.45, 7) is 1.86. The molecule has 0 aliphatic heterocycles. The highest BCUT2D eigenvalue weighted by atomic mass is 32.2. The summed E-state index contributed by atoms with van der Waals surface area (Å²) in [6.07, 6.45) is 1.00. The van der Waals surface area contributed by atoms with Gasteiger partial charge in [0.1, 0.15) is 11.3 Å². The van der Waals surface area contributed by atoms with Crippen LogP contribution in [0.15, 0.2) is 59.6 Å². The van der Waals surface area contributed by atoms with Crippen LogP contribution in [-0.2, 0) is 21.8 Å². The highest BCUT2D eigenvalue weighted by Gasteiger charge is 2.37. The second-order valence-electron chi connectivity index (χ2n) is 10.9. The van der Waals surface area contributed by atoms with Crippen molar-refractivity contribution in [2.24, 2.45) is 0 Å². The van der Waals surface area contributed by atoms with Crippen molar-refractivity contribution < 1.29 is 26.0 Å². The number of alkyl halides is 3. The molecule has 1 aliphatic rings. The molecule has 7 nitrogen and oxygen atoms in total. The number of nitrogens with zero attached hydrogens (tertiary/aromatic N) is 4. The van der Waals surface area contributed by atoms with Gasteiger partial charge in [-0.2, -0.15) is 13.2 Å². The van der Waals surface area contributed by atoms with Crippen LogP contribution in [0.3, 0.4) is 0 Å². The first-order valence-corrected chi connectivity index (χ1v) is 15.2. The maximum atomic E-state index is 15.1. The van der Waals surface area contributed by atoms with Crippen molar-refractivity contribution >= 4 is 26.8 Å². The standard InChI is InChI=1S/C30H31F4N5O2S/c1-18-14-25(37-26-16-35-29(38-28(18)26)36-21-10-12-22(13-11-21)39(2)3)19-8-9-20(24(31)15-19)17-42(40,41)27-7-5-4-6-23(27)30(32,33)34/h4-9,14-16,21-22H,10-13,17H2,1-3H3,(H,35,36,38). The molecule has 1 fully saturated rings. The van der Waals surface area contributed by atoms with Crippen LogP contribution in [0.2, 0.25) is 0 Å². The molecule has 0 bridgehead atoms. The normalized spacial score (nSPS) is 18.0. The molecule has 1 N–H and O–H groups in total. The van der Waals surface area contributed by atoms with E-state index in [4.69, 9.17) is 0 Å². The molecule has 2 aromatic carbocycles. The molecule has 0 atom stereocenters. The first-order chi connectivity index (χ1) is 19.8. The zero-order valence-electron chi connectivity index (χ0n) is 23.4. The summed E-state index contributed by atoms with van der Waals surface area (Å²) in [7, 11) is -0.282. The molecule has 0 unspecified atom stereocenters. The smallest absolute Gasteiger partial charge is 0.351 e. The van der Waals surface area contributed by atoms with Crippen molar-refractivity contribution in [2.75, 3.05) is 19.4 Å². The number of aryl methyl sites for hydroxylation is 1. The van der Waals surface area contributed by atoms with E-state index in [2.05, 4.69) is 39.3 Å². The second-order valence-corrected chi connectivity index (χ2v) is 12.9. The van der Waals surface area contributed by atoms with Gasteiger partial charge in [0.05, 0.1) is 33.6 Å². The SMILES string of the molecule is Cc1cc(-c2ccc(CS(=O)(=O)c3ccccc3C(F)(F)F)c(F)c2)nc2cnc(NC3CCC(N(C)C)CC3)nc12. The average Bonchev–Trinajstić information content (AvgIpc) is 2.94. The van der Waals surface area contributed by atoms with Crippen LogP contribution in [0.5, 0.6) is 0 Å². The van der Waals surface area contributed by atoms with Gasteiger partial charge in [-0.05, 0) is 76.5 Å². The Morgan fingerprint density at radius 2 is 1.71 bits per heavy atom. The van der Waals surface area contributed by atoms with Crippen molar-refractivity contribution in [2.45, 2.75) is 61.5 Å². The van der Waals surface area contributed by atoms with Crippen LogP contribution in [0.25, 0.3) is 22.3 Å². The van der Waals surface area contributed by atoms with E-state index in [1.165, 1.54) is 18.2 Å². The fourth-order valence-corrected chi connectivity index (χ4v) is 7.00. The number of rotatable bonds is 7. The van der Waals surface area contributed by atoms with E-state index in [0.29, 0.717) is 46.4 Å². The van der Waals surface area contributed by atoms with E-state index in [1.807, 2.05) is 6.92 Å². The largest absolute Gasteiger partial charge is 0.417 e. The van der Waals surface area contributed by atoms with Crippen LogP contribution in [0, 0.1) is 12.7 Å². The summed E-state index contributed by atoms with van der Waals surface area (Å²) in [4.78, 5) is 15.1. The fourth-order valence-electron chi connectivity index (χ4n) is 5.40. The predicted octanol–water partition coefficient (Wildman–Crippen LogP) is 6.42. The quantitative estimate of drug-likeness (QED) is 0.245. The number of benzene rings is 2. The van der Waals surface area contributed by atoms with Crippen molar-refractivity contribution in [3.8, 4) is 11.3 Å². The lowest BCUT2D eigenvalue weighted by atomic mass is 9.91. The topological polar surface area (TPSA) is 88.1 Å². The Kier molecular flexibility index (Phi) is 8.21. The maximum absolute atomic E-state index is 15.1. The molecular weight excluding hydrogens is 570 g/mol. The number of anilines is 1. The Morgan fingerprint density at radius 1 is 1.00 bits per heavy atom. The number of nitrogens with one attached hydrogen (secondary N) is 1.